The van der Waals surface area contributed by atoms with Crippen molar-refractivity contribution in [3.8, 4) is 0 Å². The Bertz CT molecular complexity index is 782. The van der Waals surface area contributed by atoms with Crippen LogP contribution in [0.2, 0.25) is 5.02 Å². The lowest BCUT2D eigenvalue weighted by molar-refractivity contribution is -0.123. The van der Waals surface area contributed by atoms with Crippen molar-refractivity contribution >= 4 is 23.3 Å². The number of aromatic nitrogens is 3. The summed E-state index contributed by atoms with van der Waals surface area (Å²) in [5.41, 5.74) is 1.81. The number of ketones is 1. The lowest BCUT2D eigenvalue weighted by atomic mass is 9.78. The van der Waals surface area contributed by atoms with Crippen LogP contribution < -0.4 is 5.32 Å². The average Bonchev–Trinajstić information content (AvgIpc) is 2.93. The summed E-state index contributed by atoms with van der Waals surface area (Å²) < 4.78 is 1.76. The summed E-state index contributed by atoms with van der Waals surface area (Å²) in [5, 5.41) is 8.19. The molecular formula is C16H15ClN4O. The first-order valence-corrected chi connectivity index (χ1v) is 7.68. The normalized spacial score (nSPS) is 26.7. The van der Waals surface area contributed by atoms with Crippen LogP contribution in [0.1, 0.15) is 24.9 Å². The number of carbonyl (C=O) groups excluding carboxylic acids is 1. The van der Waals surface area contributed by atoms with Gasteiger partial charge in [0, 0.05) is 17.1 Å². The number of rotatable bonds is 1. The van der Waals surface area contributed by atoms with Crippen LogP contribution in [0.5, 0.6) is 0 Å². The highest BCUT2D eigenvalue weighted by Crippen LogP contribution is 2.43. The molecule has 1 aliphatic carbocycles. The van der Waals surface area contributed by atoms with E-state index in [4.69, 9.17) is 11.6 Å². The molecule has 0 amide bonds. The quantitative estimate of drug-likeness (QED) is 0.879. The van der Waals surface area contributed by atoms with E-state index in [2.05, 4.69) is 21.5 Å². The first-order valence-electron chi connectivity index (χ1n) is 7.30. The van der Waals surface area contributed by atoms with Gasteiger partial charge in [-0.15, -0.1) is 0 Å². The summed E-state index contributed by atoms with van der Waals surface area (Å²) in [6.45, 7) is 2.05. The number of hydrogen-bond acceptors (Lipinski definition) is 4. The van der Waals surface area contributed by atoms with E-state index < -0.39 is 0 Å². The molecule has 2 aliphatic rings. The number of allylic oxidation sites excluding steroid dienone is 2. The van der Waals surface area contributed by atoms with Crippen LogP contribution in [0.3, 0.4) is 0 Å². The topological polar surface area (TPSA) is 59.8 Å². The molecule has 1 aromatic carbocycles. The third-order valence-electron chi connectivity index (χ3n) is 4.30. The maximum absolute atomic E-state index is 12.7. The molecule has 3 atom stereocenters. The Morgan fingerprint density at radius 3 is 3.00 bits per heavy atom. The van der Waals surface area contributed by atoms with E-state index in [0.29, 0.717) is 17.4 Å². The van der Waals surface area contributed by atoms with Gasteiger partial charge < -0.3 is 5.32 Å². The zero-order valence-corrected chi connectivity index (χ0v) is 12.8. The minimum Gasteiger partial charge on any atom is -0.328 e. The molecule has 0 fully saturated rings. The predicted molar refractivity (Wildman–Crippen MR) is 83.6 cm³/mol. The van der Waals surface area contributed by atoms with Crippen molar-refractivity contribution in [1.29, 1.82) is 0 Å². The van der Waals surface area contributed by atoms with Gasteiger partial charge in [0.1, 0.15) is 12.1 Å². The lowest BCUT2D eigenvalue weighted by Crippen LogP contribution is -2.40. The monoisotopic (exact) mass is 314 g/mol. The number of hydrogen-bond donors (Lipinski definition) is 1. The largest absolute Gasteiger partial charge is 0.328 e. The fourth-order valence-electron chi connectivity index (χ4n) is 3.39. The van der Waals surface area contributed by atoms with Gasteiger partial charge in [-0.25, -0.2) is 4.68 Å². The molecule has 0 spiro atoms. The summed E-state index contributed by atoms with van der Waals surface area (Å²) in [7, 11) is 0. The molecule has 0 saturated heterocycles. The van der Waals surface area contributed by atoms with Gasteiger partial charge in [0.2, 0.25) is 5.95 Å². The van der Waals surface area contributed by atoms with Gasteiger partial charge in [0.25, 0.3) is 0 Å². The highest BCUT2D eigenvalue weighted by molar-refractivity contribution is 6.31. The standard InChI is InChI=1S/C16H15ClN4O/c1-9-6-12-14(13(22)7-9)15(10-4-2-3-5-11(10)17)21-16(20-12)18-8-19-21/h2-6,8-9,14-15H,7H2,1H3,(H,18,19,20)/t9-,14+,15+/m0/s1. The summed E-state index contributed by atoms with van der Waals surface area (Å²) in [5.74, 6) is 0.802. The molecule has 2 heterocycles. The summed E-state index contributed by atoms with van der Waals surface area (Å²) in [6, 6.07) is 7.36. The molecule has 1 aromatic heterocycles. The summed E-state index contributed by atoms with van der Waals surface area (Å²) in [4.78, 5) is 16.9. The second kappa shape index (κ2) is 4.95. The van der Waals surface area contributed by atoms with Gasteiger partial charge in [-0.05, 0) is 17.5 Å². The van der Waals surface area contributed by atoms with E-state index in [-0.39, 0.29) is 23.7 Å². The fraction of sp³-hybridized carbons (Fsp3) is 0.312. The number of Topliss-reactive ketones (excluding diaryl/α,β-unsaturated/α-hetero) is 1. The van der Waals surface area contributed by atoms with Crippen molar-refractivity contribution in [2.24, 2.45) is 11.8 Å². The number of halogens is 1. The molecule has 1 aliphatic heterocycles. The molecule has 0 radical (unpaired) electrons. The number of carbonyl (C=O) groups is 1. The molecule has 0 bridgehead atoms. The predicted octanol–water partition coefficient (Wildman–Crippen LogP) is 3.06. The van der Waals surface area contributed by atoms with Gasteiger partial charge in [-0.3, -0.25) is 4.79 Å². The zero-order valence-electron chi connectivity index (χ0n) is 12.0. The minimum absolute atomic E-state index is 0.212. The van der Waals surface area contributed by atoms with E-state index in [0.717, 1.165) is 11.3 Å². The number of nitrogens with zero attached hydrogens (tertiary/aromatic N) is 3. The van der Waals surface area contributed by atoms with Crippen LogP contribution in [0.25, 0.3) is 0 Å². The lowest BCUT2D eigenvalue weighted by Gasteiger charge is -2.37. The van der Waals surface area contributed by atoms with Crippen LogP contribution >= 0.6 is 11.6 Å². The second-order valence-electron chi connectivity index (χ2n) is 5.87. The Kier molecular flexibility index (Phi) is 3.04. The molecule has 1 N–H and O–H groups in total. The van der Waals surface area contributed by atoms with Crippen molar-refractivity contribution in [1.82, 2.24) is 14.8 Å². The second-order valence-corrected chi connectivity index (χ2v) is 6.27. The van der Waals surface area contributed by atoms with Gasteiger partial charge in [0.15, 0.2) is 0 Å². The van der Waals surface area contributed by atoms with Crippen LogP contribution in [0.4, 0.5) is 5.95 Å². The van der Waals surface area contributed by atoms with Crippen molar-refractivity contribution in [3.05, 3.63) is 53.0 Å². The van der Waals surface area contributed by atoms with Crippen molar-refractivity contribution in [2.45, 2.75) is 19.4 Å². The zero-order chi connectivity index (χ0) is 15.3. The number of nitrogens with one attached hydrogen (secondary N) is 1. The Balaban J connectivity index is 1.93. The molecular weight excluding hydrogens is 300 g/mol. The first-order chi connectivity index (χ1) is 10.6. The van der Waals surface area contributed by atoms with Crippen LogP contribution in [-0.2, 0) is 4.79 Å². The molecule has 6 heteroatoms. The van der Waals surface area contributed by atoms with Crippen molar-refractivity contribution < 1.29 is 4.79 Å². The molecule has 5 nitrogen and oxygen atoms in total. The highest BCUT2D eigenvalue weighted by atomic mass is 35.5. The SMILES string of the molecule is C[C@H]1C=C2Nc3ncnn3[C@H](c3ccccc3Cl)[C@H]2C(=O)C1. The average molecular weight is 315 g/mol. The highest BCUT2D eigenvalue weighted by Gasteiger charge is 2.42. The van der Waals surface area contributed by atoms with Crippen LogP contribution in [-0.4, -0.2) is 20.5 Å². The Morgan fingerprint density at radius 2 is 2.18 bits per heavy atom. The summed E-state index contributed by atoms with van der Waals surface area (Å²) in [6.07, 6.45) is 4.16. The van der Waals surface area contributed by atoms with Crippen LogP contribution in [0, 0.1) is 11.8 Å². The molecule has 4 rings (SSSR count). The van der Waals surface area contributed by atoms with Gasteiger partial charge >= 0.3 is 0 Å². The van der Waals surface area contributed by atoms with E-state index in [1.807, 2.05) is 31.2 Å². The van der Waals surface area contributed by atoms with Crippen molar-refractivity contribution in [3.63, 3.8) is 0 Å². The van der Waals surface area contributed by atoms with E-state index in [1.54, 1.807) is 4.68 Å². The fourth-order valence-corrected chi connectivity index (χ4v) is 3.64. The molecule has 2 aromatic rings. The van der Waals surface area contributed by atoms with E-state index in [9.17, 15) is 4.79 Å². The third-order valence-corrected chi connectivity index (χ3v) is 4.65. The Labute approximate surface area is 133 Å². The van der Waals surface area contributed by atoms with Gasteiger partial charge in [0.05, 0.1) is 12.0 Å². The Hall–Kier alpha value is -2.14. The van der Waals surface area contributed by atoms with Gasteiger partial charge in [-0.1, -0.05) is 42.8 Å². The minimum atomic E-state index is -0.287. The van der Waals surface area contributed by atoms with Crippen LogP contribution in [0.15, 0.2) is 42.4 Å². The number of fused-ring (bicyclic) bond motifs is 2. The van der Waals surface area contributed by atoms with Crippen molar-refractivity contribution in [2.75, 3.05) is 5.32 Å². The molecule has 0 unspecified atom stereocenters. The maximum atomic E-state index is 12.7. The van der Waals surface area contributed by atoms with Gasteiger partial charge in [-0.2, -0.15) is 10.1 Å². The van der Waals surface area contributed by atoms with E-state index >= 15 is 0 Å². The third kappa shape index (κ3) is 1.96. The first kappa shape index (κ1) is 13.5. The molecule has 0 saturated carbocycles. The molecule has 112 valence electrons. The smallest absolute Gasteiger partial charge is 0.226 e. The summed E-state index contributed by atoms with van der Waals surface area (Å²) >= 11 is 6.39. The number of benzene rings is 1. The molecule has 22 heavy (non-hydrogen) atoms. The number of anilines is 1. The maximum Gasteiger partial charge on any atom is 0.226 e. The van der Waals surface area contributed by atoms with E-state index in [1.165, 1.54) is 6.33 Å². The Morgan fingerprint density at radius 1 is 1.36 bits per heavy atom.